The van der Waals surface area contributed by atoms with Crippen molar-refractivity contribution in [3.8, 4) is 0 Å². The van der Waals surface area contributed by atoms with Crippen LogP contribution in [0.4, 0.5) is 0 Å². The molecule has 0 aromatic carbocycles. The summed E-state index contributed by atoms with van der Waals surface area (Å²) in [6.07, 6.45) is 5.23. The van der Waals surface area contributed by atoms with Gasteiger partial charge in [0.05, 0.1) is 6.54 Å². The molecular weight excluding hydrogens is 298 g/mol. The Morgan fingerprint density at radius 1 is 1.35 bits per heavy atom. The van der Waals surface area contributed by atoms with Gasteiger partial charge in [-0.2, -0.15) is 0 Å². The Balaban J connectivity index is 2.17. The average Bonchev–Trinajstić information content (AvgIpc) is 2.77. The summed E-state index contributed by atoms with van der Waals surface area (Å²) in [5.41, 5.74) is 1.68. The Hall–Kier alpha value is -1.86. The van der Waals surface area contributed by atoms with Crippen LogP contribution in [-0.2, 0) is 6.54 Å². The van der Waals surface area contributed by atoms with Gasteiger partial charge < -0.3 is 4.98 Å². The molecular formula is C12H10ClN5OS. The number of thioether (sulfide) groups is 1. The number of rotatable bonds is 3. The molecule has 1 N–H and O–H groups in total. The molecule has 3 aromatic rings. The van der Waals surface area contributed by atoms with Crippen molar-refractivity contribution in [1.82, 2.24) is 24.5 Å². The van der Waals surface area contributed by atoms with Gasteiger partial charge in [-0.25, -0.2) is 14.8 Å². The zero-order valence-corrected chi connectivity index (χ0v) is 12.1. The Morgan fingerprint density at radius 3 is 2.80 bits per heavy atom. The highest BCUT2D eigenvalue weighted by atomic mass is 35.5. The Kier molecular flexibility index (Phi) is 3.45. The number of pyridine rings is 1. The van der Waals surface area contributed by atoms with Gasteiger partial charge in [0.2, 0.25) is 0 Å². The van der Waals surface area contributed by atoms with E-state index in [1.165, 1.54) is 16.3 Å². The molecule has 0 aliphatic rings. The van der Waals surface area contributed by atoms with Crippen LogP contribution in [0.15, 0.2) is 34.5 Å². The van der Waals surface area contributed by atoms with E-state index in [1.54, 1.807) is 12.4 Å². The van der Waals surface area contributed by atoms with Gasteiger partial charge in [-0.05, 0) is 24.0 Å². The van der Waals surface area contributed by atoms with Gasteiger partial charge in [0.1, 0.15) is 5.52 Å². The van der Waals surface area contributed by atoms with Crippen molar-refractivity contribution >= 4 is 34.5 Å². The third-order valence-corrected chi connectivity index (χ3v) is 3.65. The van der Waals surface area contributed by atoms with Gasteiger partial charge in [0, 0.05) is 12.4 Å². The molecule has 0 bridgehead atoms. The topological polar surface area (TPSA) is 76.5 Å². The minimum Gasteiger partial charge on any atom is -0.302 e. The first-order valence-electron chi connectivity index (χ1n) is 5.78. The second-order valence-electron chi connectivity index (χ2n) is 4.07. The number of aromatic amines is 1. The third-order valence-electron chi connectivity index (χ3n) is 2.83. The second kappa shape index (κ2) is 5.26. The van der Waals surface area contributed by atoms with Crippen molar-refractivity contribution in [1.29, 1.82) is 0 Å². The van der Waals surface area contributed by atoms with Crippen LogP contribution in [0.1, 0.15) is 5.56 Å². The fraction of sp³-hybridized carbons (Fsp3) is 0.167. The van der Waals surface area contributed by atoms with Crippen LogP contribution < -0.4 is 5.69 Å². The average molecular weight is 308 g/mol. The van der Waals surface area contributed by atoms with Gasteiger partial charge in [0.15, 0.2) is 16.0 Å². The normalized spacial score (nSPS) is 11.1. The molecule has 20 heavy (non-hydrogen) atoms. The van der Waals surface area contributed by atoms with E-state index in [2.05, 4.69) is 19.9 Å². The molecule has 3 heterocycles. The van der Waals surface area contributed by atoms with Gasteiger partial charge in [-0.1, -0.05) is 23.4 Å². The van der Waals surface area contributed by atoms with Gasteiger partial charge in [-0.15, -0.1) is 0 Å². The molecule has 0 atom stereocenters. The molecule has 0 fully saturated rings. The highest BCUT2D eigenvalue weighted by Gasteiger charge is 2.14. The van der Waals surface area contributed by atoms with Crippen LogP contribution in [0.2, 0.25) is 5.15 Å². The summed E-state index contributed by atoms with van der Waals surface area (Å²) in [7, 11) is 0. The SMILES string of the molecule is CSc1nc(Cl)c2[nH]c(=O)n(Cc3ccncc3)c2n1. The number of hydrogen-bond donors (Lipinski definition) is 1. The molecule has 0 saturated heterocycles. The third kappa shape index (κ3) is 2.30. The number of fused-ring (bicyclic) bond motifs is 1. The van der Waals surface area contributed by atoms with E-state index in [4.69, 9.17) is 11.6 Å². The number of aromatic nitrogens is 5. The molecule has 0 aliphatic heterocycles. The van der Waals surface area contributed by atoms with Crippen molar-refractivity contribution < 1.29 is 0 Å². The molecule has 6 nitrogen and oxygen atoms in total. The van der Waals surface area contributed by atoms with Crippen LogP contribution in [0, 0.1) is 0 Å². The first-order chi connectivity index (χ1) is 9.69. The maximum Gasteiger partial charge on any atom is 0.328 e. The fourth-order valence-electron chi connectivity index (χ4n) is 1.89. The van der Waals surface area contributed by atoms with Crippen LogP contribution >= 0.6 is 23.4 Å². The summed E-state index contributed by atoms with van der Waals surface area (Å²) in [5.74, 6) is 0. The van der Waals surface area contributed by atoms with E-state index in [-0.39, 0.29) is 10.8 Å². The maximum absolute atomic E-state index is 12.1. The molecule has 0 unspecified atom stereocenters. The van der Waals surface area contributed by atoms with E-state index in [1.807, 2.05) is 18.4 Å². The van der Waals surface area contributed by atoms with E-state index in [0.29, 0.717) is 22.9 Å². The number of nitrogens with zero attached hydrogens (tertiary/aromatic N) is 4. The molecule has 8 heteroatoms. The highest BCUT2D eigenvalue weighted by molar-refractivity contribution is 7.98. The number of imidazole rings is 1. The molecule has 0 radical (unpaired) electrons. The predicted octanol–water partition coefficient (Wildman–Crippen LogP) is 1.94. The highest BCUT2D eigenvalue weighted by Crippen LogP contribution is 2.21. The van der Waals surface area contributed by atoms with E-state index < -0.39 is 0 Å². The monoisotopic (exact) mass is 307 g/mol. The largest absolute Gasteiger partial charge is 0.328 e. The lowest BCUT2D eigenvalue weighted by Gasteiger charge is -2.03. The first-order valence-corrected chi connectivity index (χ1v) is 7.38. The summed E-state index contributed by atoms with van der Waals surface area (Å²) in [6.45, 7) is 0.405. The zero-order chi connectivity index (χ0) is 14.1. The number of nitrogens with one attached hydrogen (secondary N) is 1. The molecule has 0 saturated carbocycles. The fourth-order valence-corrected chi connectivity index (χ4v) is 2.51. The van der Waals surface area contributed by atoms with Crippen molar-refractivity contribution in [2.75, 3.05) is 6.26 Å². The first kappa shape index (κ1) is 13.1. The van der Waals surface area contributed by atoms with E-state index >= 15 is 0 Å². The van der Waals surface area contributed by atoms with Crippen molar-refractivity contribution in [3.05, 3.63) is 45.7 Å². The Bertz CT molecular complexity index is 814. The lowest BCUT2D eigenvalue weighted by atomic mass is 10.3. The molecule has 0 spiro atoms. The lowest BCUT2D eigenvalue weighted by Crippen LogP contribution is -2.17. The molecule has 0 aliphatic carbocycles. The summed E-state index contributed by atoms with van der Waals surface area (Å²) in [6, 6.07) is 3.70. The van der Waals surface area contributed by atoms with Gasteiger partial charge in [-0.3, -0.25) is 9.55 Å². The van der Waals surface area contributed by atoms with Crippen LogP contribution in [0.3, 0.4) is 0 Å². The molecule has 0 amide bonds. The van der Waals surface area contributed by atoms with E-state index in [0.717, 1.165) is 5.56 Å². The summed E-state index contributed by atoms with van der Waals surface area (Å²) >= 11 is 7.45. The Morgan fingerprint density at radius 2 is 2.10 bits per heavy atom. The molecule has 3 aromatic heterocycles. The van der Waals surface area contributed by atoms with Crippen LogP contribution in [0.25, 0.3) is 11.2 Å². The standard InChI is InChI=1S/C12H10ClN5OS/c1-20-11-16-9(13)8-10(17-11)18(12(19)15-8)6-7-2-4-14-5-3-7/h2-5H,6H2,1H3,(H,15,19). The predicted molar refractivity (Wildman–Crippen MR) is 78.3 cm³/mol. The van der Waals surface area contributed by atoms with Crippen molar-refractivity contribution in [2.24, 2.45) is 0 Å². The van der Waals surface area contributed by atoms with Crippen LogP contribution in [-0.4, -0.2) is 30.8 Å². The smallest absolute Gasteiger partial charge is 0.302 e. The zero-order valence-electron chi connectivity index (χ0n) is 10.5. The number of hydrogen-bond acceptors (Lipinski definition) is 5. The summed E-state index contributed by atoms with van der Waals surface area (Å²) < 4.78 is 1.54. The quantitative estimate of drug-likeness (QED) is 0.454. The number of halogens is 1. The molecule has 102 valence electrons. The van der Waals surface area contributed by atoms with E-state index in [9.17, 15) is 4.79 Å². The minimum absolute atomic E-state index is 0.255. The van der Waals surface area contributed by atoms with Gasteiger partial charge in [0.25, 0.3) is 0 Å². The molecule has 3 rings (SSSR count). The van der Waals surface area contributed by atoms with Crippen molar-refractivity contribution in [2.45, 2.75) is 11.7 Å². The Labute approximate surface area is 123 Å². The second-order valence-corrected chi connectivity index (χ2v) is 5.20. The van der Waals surface area contributed by atoms with Crippen LogP contribution in [0.5, 0.6) is 0 Å². The number of H-pyrrole nitrogens is 1. The lowest BCUT2D eigenvalue weighted by molar-refractivity contribution is 0.770. The summed E-state index contributed by atoms with van der Waals surface area (Å²) in [4.78, 5) is 27.2. The minimum atomic E-state index is -0.258. The maximum atomic E-state index is 12.1. The van der Waals surface area contributed by atoms with Gasteiger partial charge >= 0.3 is 5.69 Å². The van der Waals surface area contributed by atoms with Crippen molar-refractivity contribution in [3.63, 3.8) is 0 Å². The summed E-state index contributed by atoms with van der Waals surface area (Å²) in [5, 5.41) is 0.787.